The summed E-state index contributed by atoms with van der Waals surface area (Å²) in [6.45, 7) is 3.07. The molecule has 38 heavy (non-hydrogen) atoms. The second-order valence-corrected chi connectivity index (χ2v) is 11.4. The van der Waals surface area contributed by atoms with Crippen LogP contribution in [-0.4, -0.2) is 45.6 Å². The van der Waals surface area contributed by atoms with Crippen molar-refractivity contribution in [1.29, 1.82) is 0 Å². The Bertz CT molecular complexity index is 1500. The van der Waals surface area contributed by atoms with E-state index in [9.17, 15) is 9.59 Å². The Morgan fingerprint density at radius 3 is 2.76 bits per heavy atom. The van der Waals surface area contributed by atoms with Gasteiger partial charge in [-0.15, -0.1) is 11.3 Å². The second-order valence-electron chi connectivity index (χ2n) is 10.4. The number of aryl methyl sites for hydroxylation is 2. The molecule has 0 unspecified atom stereocenters. The van der Waals surface area contributed by atoms with E-state index in [1.807, 2.05) is 47.0 Å². The fraction of sp³-hybridized carbons (Fsp3) is 0.367. The van der Waals surface area contributed by atoms with Crippen LogP contribution in [0.2, 0.25) is 0 Å². The first-order valence-electron chi connectivity index (χ1n) is 13.4. The number of fused-ring (bicyclic) bond motifs is 1. The van der Waals surface area contributed by atoms with Gasteiger partial charge in [0, 0.05) is 43.7 Å². The van der Waals surface area contributed by atoms with Crippen LogP contribution >= 0.6 is 11.3 Å². The highest BCUT2D eigenvalue weighted by Gasteiger charge is 2.34. The molecule has 2 amide bonds. The third-order valence-corrected chi connectivity index (χ3v) is 8.78. The van der Waals surface area contributed by atoms with E-state index >= 15 is 0 Å². The molecule has 2 aromatic carbocycles. The van der Waals surface area contributed by atoms with E-state index in [1.165, 1.54) is 0 Å². The Kier molecular flexibility index (Phi) is 6.66. The maximum atomic E-state index is 14.0. The molecule has 4 aromatic rings. The van der Waals surface area contributed by atoms with Crippen molar-refractivity contribution in [2.45, 2.75) is 51.0 Å². The number of thiazole rings is 1. The largest absolute Gasteiger partial charge is 0.412 e. The minimum Gasteiger partial charge on any atom is -0.410 e. The number of ether oxygens (including phenoxy) is 1. The summed E-state index contributed by atoms with van der Waals surface area (Å²) in [7, 11) is 1.96. The van der Waals surface area contributed by atoms with E-state index in [2.05, 4.69) is 30.4 Å². The van der Waals surface area contributed by atoms with E-state index in [-0.39, 0.29) is 11.9 Å². The van der Waals surface area contributed by atoms with Gasteiger partial charge in [0.25, 0.3) is 5.91 Å². The minimum atomic E-state index is -0.510. The van der Waals surface area contributed by atoms with Crippen LogP contribution in [0.25, 0.3) is 21.3 Å². The average molecular weight is 529 g/mol. The minimum absolute atomic E-state index is 0.0430. The first-order chi connectivity index (χ1) is 18.5. The molecule has 1 saturated heterocycles. The molecule has 2 aromatic heterocycles. The molecule has 1 saturated carbocycles. The predicted molar refractivity (Wildman–Crippen MR) is 150 cm³/mol. The summed E-state index contributed by atoms with van der Waals surface area (Å²) < 4.78 is 7.65. The summed E-state index contributed by atoms with van der Waals surface area (Å²) >= 11 is 1.66. The van der Waals surface area contributed by atoms with Crippen molar-refractivity contribution in [2.75, 3.05) is 13.1 Å². The van der Waals surface area contributed by atoms with Crippen LogP contribution in [-0.2, 0) is 7.05 Å². The van der Waals surface area contributed by atoms with Crippen LogP contribution in [0.1, 0.15) is 59.1 Å². The van der Waals surface area contributed by atoms with Crippen LogP contribution in [0.5, 0.6) is 5.75 Å². The van der Waals surface area contributed by atoms with E-state index in [0.717, 1.165) is 64.0 Å². The van der Waals surface area contributed by atoms with Crippen molar-refractivity contribution in [2.24, 2.45) is 7.05 Å². The Labute approximate surface area is 226 Å². The summed E-state index contributed by atoms with van der Waals surface area (Å²) in [6, 6.07) is 15.8. The molecular formula is C30H32N4O3S. The normalized spacial score (nSPS) is 17.5. The van der Waals surface area contributed by atoms with Crippen LogP contribution in [0.4, 0.5) is 4.79 Å². The third kappa shape index (κ3) is 4.92. The molecule has 1 N–H and O–H groups in total. The van der Waals surface area contributed by atoms with E-state index in [1.54, 1.807) is 17.4 Å². The van der Waals surface area contributed by atoms with Crippen LogP contribution in [0, 0.1) is 6.92 Å². The Hall–Kier alpha value is -3.65. The van der Waals surface area contributed by atoms with Gasteiger partial charge in [0.1, 0.15) is 11.4 Å². The number of aromatic nitrogens is 2. The van der Waals surface area contributed by atoms with Crippen molar-refractivity contribution in [1.82, 2.24) is 19.8 Å². The molecule has 0 spiro atoms. The number of hydrogen-bond acceptors (Lipinski definition) is 5. The van der Waals surface area contributed by atoms with Gasteiger partial charge in [-0.1, -0.05) is 35.9 Å². The summed E-state index contributed by atoms with van der Waals surface area (Å²) in [4.78, 5) is 34.5. The van der Waals surface area contributed by atoms with Gasteiger partial charge >= 0.3 is 6.09 Å². The number of piperidine rings is 1. The average Bonchev–Trinajstić information content (AvgIpc) is 3.57. The maximum Gasteiger partial charge on any atom is 0.412 e. The first-order valence-corrected chi connectivity index (χ1v) is 14.2. The van der Waals surface area contributed by atoms with Crippen molar-refractivity contribution >= 4 is 34.2 Å². The summed E-state index contributed by atoms with van der Waals surface area (Å²) in [5.41, 5.74) is 3.75. The Morgan fingerprint density at radius 1 is 1.11 bits per heavy atom. The van der Waals surface area contributed by atoms with Gasteiger partial charge in [-0.25, -0.2) is 9.78 Å². The molecule has 2 fully saturated rings. The molecule has 1 aliphatic carbocycles. The lowest BCUT2D eigenvalue weighted by atomic mass is 10.0. The molecule has 2 aliphatic rings. The fourth-order valence-electron chi connectivity index (χ4n) is 5.28. The molecule has 196 valence electrons. The number of benzene rings is 2. The quantitative estimate of drug-likeness (QED) is 0.320. The van der Waals surface area contributed by atoms with E-state index < -0.39 is 6.09 Å². The lowest BCUT2D eigenvalue weighted by Gasteiger charge is -2.35. The number of likely N-dealkylation sites (tertiary alicyclic amines) is 1. The summed E-state index contributed by atoms with van der Waals surface area (Å²) in [5, 5.41) is 4.87. The monoisotopic (exact) mass is 528 g/mol. The Morgan fingerprint density at radius 2 is 1.95 bits per heavy atom. The second kappa shape index (κ2) is 10.3. The van der Waals surface area contributed by atoms with Crippen molar-refractivity contribution in [3.8, 4) is 16.2 Å². The molecule has 1 aliphatic heterocycles. The topological polar surface area (TPSA) is 76.5 Å². The number of carbonyl (C=O) groups is 2. The van der Waals surface area contributed by atoms with Crippen molar-refractivity contribution < 1.29 is 14.3 Å². The molecule has 7 nitrogen and oxygen atoms in total. The number of carbonyl (C=O) groups excluding carboxylic acids is 2. The zero-order valence-electron chi connectivity index (χ0n) is 21.8. The number of nitrogens with one attached hydrogen (secondary N) is 1. The van der Waals surface area contributed by atoms with Crippen LogP contribution in [0.15, 0.2) is 54.7 Å². The van der Waals surface area contributed by atoms with Gasteiger partial charge in [-0.05, 0) is 62.8 Å². The molecule has 3 heterocycles. The molecule has 0 radical (unpaired) electrons. The smallest absolute Gasteiger partial charge is 0.410 e. The van der Waals surface area contributed by atoms with Gasteiger partial charge in [0.15, 0.2) is 0 Å². The van der Waals surface area contributed by atoms with E-state index in [4.69, 9.17) is 9.72 Å². The molecular weight excluding hydrogens is 496 g/mol. The first kappa shape index (κ1) is 24.7. The lowest BCUT2D eigenvalue weighted by Crippen LogP contribution is -2.50. The highest BCUT2D eigenvalue weighted by atomic mass is 32.1. The van der Waals surface area contributed by atoms with Gasteiger partial charge in [-0.2, -0.15) is 0 Å². The van der Waals surface area contributed by atoms with E-state index in [0.29, 0.717) is 30.5 Å². The molecule has 0 bridgehead atoms. The maximum absolute atomic E-state index is 14.0. The Balaban J connectivity index is 1.19. The summed E-state index contributed by atoms with van der Waals surface area (Å²) in [6.07, 6.45) is 6.52. The lowest BCUT2D eigenvalue weighted by molar-refractivity contribution is 0.0607. The standard InChI is InChI=1S/C30H32N4O3S/c1-19-7-5-8-21(17-19)27-26(32-28(38-27)20-12-13-20)29(35)34-15-4-3-9-22(34)18-31-30(36)37-25-11-6-10-24-23(25)14-16-33(24)2/h5-8,10-11,14,16-17,20,22H,3-4,9,12-13,15,18H2,1-2H3,(H,31,36)/t22-/m0/s1. The number of rotatable bonds is 6. The summed E-state index contributed by atoms with van der Waals surface area (Å²) in [5.74, 6) is 0.960. The SMILES string of the molecule is Cc1cccc(-c2sc(C3CC3)nc2C(=O)N2CCCC[C@H]2CNC(=O)Oc2cccc3c2ccn3C)c1. The highest BCUT2D eigenvalue weighted by Crippen LogP contribution is 2.45. The van der Waals surface area contributed by atoms with Gasteiger partial charge < -0.3 is 19.5 Å². The predicted octanol–water partition coefficient (Wildman–Crippen LogP) is 6.27. The molecule has 8 heteroatoms. The molecule has 6 rings (SSSR count). The third-order valence-electron chi connectivity index (χ3n) is 7.51. The number of nitrogens with zero attached hydrogens (tertiary/aromatic N) is 3. The zero-order valence-corrected chi connectivity index (χ0v) is 22.6. The zero-order chi connectivity index (χ0) is 26.2. The fourth-order valence-corrected chi connectivity index (χ4v) is 6.51. The molecule has 1 atom stereocenters. The van der Waals surface area contributed by atoms with Crippen LogP contribution < -0.4 is 10.1 Å². The number of amides is 2. The van der Waals surface area contributed by atoms with Gasteiger partial charge in [-0.3, -0.25) is 4.79 Å². The van der Waals surface area contributed by atoms with Crippen LogP contribution in [0.3, 0.4) is 0 Å². The number of hydrogen-bond donors (Lipinski definition) is 1. The van der Waals surface area contributed by atoms with Gasteiger partial charge in [0.2, 0.25) is 0 Å². The van der Waals surface area contributed by atoms with Crippen molar-refractivity contribution in [3.63, 3.8) is 0 Å². The highest BCUT2D eigenvalue weighted by molar-refractivity contribution is 7.15. The van der Waals surface area contributed by atoms with Gasteiger partial charge in [0.05, 0.1) is 15.4 Å². The van der Waals surface area contributed by atoms with Crippen molar-refractivity contribution in [3.05, 3.63) is 71.0 Å².